The lowest BCUT2D eigenvalue weighted by molar-refractivity contribution is -0.119. The van der Waals surface area contributed by atoms with Crippen molar-refractivity contribution in [2.75, 3.05) is 31.9 Å². The summed E-state index contributed by atoms with van der Waals surface area (Å²) < 4.78 is 15.2. The fourth-order valence-electron chi connectivity index (χ4n) is 1.97. The van der Waals surface area contributed by atoms with Gasteiger partial charge in [-0.15, -0.1) is 0 Å². The van der Waals surface area contributed by atoms with Crippen LogP contribution in [0, 0.1) is 0 Å². The third kappa shape index (κ3) is 4.39. The molecule has 0 spiro atoms. The Morgan fingerprint density at radius 1 is 1.08 bits per heavy atom. The van der Waals surface area contributed by atoms with Crippen molar-refractivity contribution in [2.45, 2.75) is 0 Å². The van der Waals surface area contributed by atoms with E-state index in [-0.39, 0.29) is 5.56 Å². The van der Waals surface area contributed by atoms with E-state index in [2.05, 4.69) is 5.32 Å². The van der Waals surface area contributed by atoms with Crippen molar-refractivity contribution in [3.8, 4) is 11.5 Å². The van der Waals surface area contributed by atoms with E-state index in [0.717, 1.165) is 0 Å². The van der Waals surface area contributed by atoms with Gasteiger partial charge in [-0.2, -0.15) is 0 Å². The second-order valence-corrected chi connectivity index (χ2v) is 4.82. The number of nitrogens with one attached hydrogen (secondary N) is 1. The Hall–Kier alpha value is -3.22. The lowest BCUT2D eigenvalue weighted by atomic mass is 10.2. The van der Waals surface area contributed by atoms with Gasteiger partial charge in [0.05, 0.1) is 25.5 Å². The summed E-state index contributed by atoms with van der Waals surface area (Å²) in [6.07, 6.45) is 0. The van der Waals surface area contributed by atoms with Crippen LogP contribution in [0.4, 0.5) is 11.4 Å². The van der Waals surface area contributed by atoms with Crippen LogP contribution in [0.5, 0.6) is 11.5 Å². The van der Waals surface area contributed by atoms with Gasteiger partial charge in [-0.05, 0) is 30.3 Å². The summed E-state index contributed by atoms with van der Waals surface area (Å²) in [6.45, 7) is -0.428. The maximum absolute atomic E-state index is 11.9. The van der Waals surface area contributed by atoms with Crippen molar-refractivity contribution in [2.24, 2.45) is 0 Å². The molecule has 0 heterocycles. The lowest BCUT2D eigenvalue weighted by Crippen LogP contribution is -2.21. The first-order valence-corrected chi connectivity index (χ1v) is 7.08. The Morgan fingerprint density at radius 3 is 2.54 bits per heavy atom. The Morgan fingerprint density at radius 2 is 1.88 bits per heavy atom. The first-order chi connectivity index (χ1) is 11.5. The molecule has 0 aliphatic heterocycles. The predicted octanol–water partition coefficient (Wildman–Crippen LogP) is 2.08. The molecule has 7 heteroatoms. The number of carbonyl (C=O) groups excluding carboxylic acids is 2. The van der Waals surface area contributed by atoms with Gasteiger partial charge < -0.3 is 25.3 Å². The smallest absolute Gasteiger partial charge is 0.338 e. The Balaban J connectivity index is 1.95. The largest absolute Gasteiger partial charge is 0.497 e. The number of nitrogen functional groups attached to an aromatic ring is 1. The topological polar surface area (TPSA) is 99.9 Å². The Labute approximate surface area is 139 Å². The highest BCUT2D eigenvalue weighted by molar-refractivity contribution is 5.96. The minimum absolute atomic E-state index is 0.282. The maximum Gasteiger partial charge on any atom is 0.338 e. The van der Waals surface area contributed by atoms with Gasteiger partial charge in [0.2, 0.25) is 0 Å². The quantitative estimate of drug-likeness (QED) is 0.621. The first kappa shape index (κ1) is 17.1. The predicted molar refractivity (Wildman–Crippen MR) is 89.3 cm³/mol. The number of ether oxygens (including phenoxy) is 3. The van der Waals surface area contributed by atoms with E-state index >= 15 is 0 Å². The molecule has 2 rings (SSSR count). The van der Waals surface area contributed by atoms with Gasteiger partial charge in [0.25, 0.3) is 5.91 Å². The second kappa shape index (κ2) is 7.87. The van der Waals surface area contributed by atoms with Gasteiger partial charge in [-0.25, -0.2) is 4.79 Å². The zero-order valence-corrected chi connectivity index (χ0v) is 13.4. The number of anilines is 2. The average molecular weight is 330 g/mol. The van der Waals surface area contributed by atoms with Crippen molar-refractivity contribution in [3.05, 3.63) is 48.0 Å². The van der Waals surface area contributed by atoms with Crippen molar-refractivity contribution < 1.29 is 23.8 Å². The van der Waals surface area contributed by atoms with Crippen molar-refractivity contribution in [3.63, 3.8) is 0 Å². The molecule has 0 unspecified atom stereocenters. The first-order valence-electron chi connectivity index (χ1n) is 7.08. The molecule has 3 N–H and O–H groups in total. The minimum atomic E-state index is -0.626. The normalized spacial score (nSPS) is 9.92. The summed E-state index contributed by atoms with van der Waals surface area (Å²) in [6, 6.07) is 11.3. The molecule has 2 aromatic carbocycles. The van der Waals surface area contributed by atoms with E-state index in [1.54, 1.807) is 36.4 Å². The van der Waals surface area contributed by atoms with Crippen LogP contribution in [-0.2, 0) is 9.53 Å². The van der Waals surface area contributed by atoms with E-state index in [1.165, 1.54) is 20.3 Å². The van der Waals surface area contributed by atoms with E-state index in [1.807, 2.05) is 0 Å². The number of nitrogens with two attached hydrogens (primary N) is 1. The molecule has 126 valence electrons. The number of rotatable bonds is 6. The van der Waals surface area contributed by atoms with Crippen LogP contribution in [0.15, 0.2) is 42.5 Å². The molecule has 0 atom stereocenters. The number of hydrogen-bond donors (Lipinski definition) is 2. The Bertz CT molecular complexity index is 746. The van der Waals surface area contributed by atoms with Gasteiger partial charge in [0, 0.05) is 11.8 Å². The highest BCUT2D eigenvalue weighted by Gasteiger charge is 2.13. The standard InChI is InChI=1S/C17H18N2O5/c1-22-13-6-7-14(15(9-13)23-2)19-16(20)10-24-17(21)11-4-3-5-12(18)8-11/h3-9H,10,18H2,1-2H3,(H,19,20). The van der Waals surface area contributed by atoms with E-state index in [0.29, 0.717) is 22.9 Å². The number of methoxy groups -OCH3 is 2. The van der Waals surface area contributed by atoms with E-state index in [4.69, 9.17) is 19.9 Å². The van der Waals surface area contributed by atoms with Crippen LogP contribution >= 0.6 is 0 Å². The number of carbonyl (C=O) groups is 2. The molecule has 0 aliphatic carbocycles. The number of hydrogen-bond acceptors (Lipinski definition) is 6. The molecule has 0 aromatic heterocycles. The molecule has 0 bridgehead atoms. The number of benzene rings is 2. The molecule has 24 heavy (non-hydrogen) atoms. The highest BCUT2D eigenvalue weighted by atomic mass is 16.5. The van der Waals surface area contributed by atoms with Gasteiger partial charge in [0.15, 0.2) is 6.61 Å². The highest BCUT2D eigenvalue weighted by Crippen LogP contribution is 2.28. The maximum atomic E-state index is 11.9. The van der Waals surface area contributed by atoms with Crippen LogP contribution in [0.1, 0.15) is 10.4 Å². The zero-order valence-electron chi connectivity index (χ0n) is 13.4. The second-order valence-electron chi connectivity index (χ2n) is 4.82. The van der Waals surface area contributed by atoms with Crippen LogP contribution in [-0.4, -0.2) is 32.7 Å². The molecule has 0 fully saturated rings. The minimum Gasteiger partial charge on any atom is -0.497 e. The van der Waals surface area contributed by atoms with Crippen molar-refractivity contribution >= 4 is 23.3 Å². The van der Waals surface area contributed by atoms with Crippen LogP contribution in [0.3, 0.4) is 0 Å². The summed E-state index contributed by atoms with van der Waals surface area (Å²) >= 11 is 0. The summed E-state index contributed by atoms with van der Waals surface area (Å²) in [4.78, 5) is 23.8. The zero-order chi connectivity index (χ0) is 17.5. The molecule has 7 nitrogen and oxygen atoms in total. The fourth-order valence-corrected chi connectivity index (χ4v) is 1.97. The molecular formula is C17H18N2O5. The summed E-state index contributed by atoms with van der Waals surface area (Å²) in [5.41, 5.74) is 6.77. The van der Waals surface area contributed by atoms with Crippen molar-refractivity contribution in [1.29, 1.82) is 0 Å². The Kier molecular flexibility index (Phi) is 5.62. The monoisotopic (exact) mass is 330 g/mol. The number of amides is 1. The van der Waals surface area contributed by atoms with Gasteiger partial charge in [-0.3, -0.25) is 4.79 Å². The summed E-state index contributed by atoms with van der Waals surface area (Å²) in [5, 5.41) is 2.61. The lowest BCUT2D eigenvalue weighted by Gasteiger charge is -2.11. The summed E-state index contributed by atoms with van der Waals surface area (Å²) in [7, 11) is 3.01. The fraction of sp³-hybridized carbons (Fsp3) is 0.176. The van der Waals surface area contributed by atoms with Gasteiger partial charge in [0.1, 0.15) is 11.5 Å². The molecule has 2 aromatic rings. The summed E-state index contributed by atoms with van der Waals surface area (Å²) in [5.74, 6) is -0.0855. The molecule has 0 saturated carbocycles. The average Bonchev–Trinajstić information content (AvgIpc) is 2.60. The third-order valence-corrected chi connectivity index (χ3v) is 3.14. The van der Waals surface area contributed by atoms with Gasteiger partial charge >= 0.3 is 5.97 Å². The van der Waals surface area contributed by atoms with E-state index in [9.17, 15) is 9.59 Å². The number of esters is 1. The third-order valence-electron chi connectivity index (χ3n) is 3.14. The van der Waals surface area contributed by atoms with E-state index < -0.39 is 18.5 Å². The van der Waals surface area contributed by atoms with Gasteiger partial charge in [-0.1, -0.05) is 6.07 Å². The SMILES string of the molecule is COc1ccc(NC(=O)COC(=O)c2cccc(N)c2)c(OC)c1. The molecule has 0 saturated heterocycles. The molecule has 1 amide bonds. The molecule has 0 radical (unpaired) electrons. The van der Waals surface area contributed by atoms with Crippen LogP contribution in [0.25, 0.3) is 0 Å². The van der Waals surface area contributed by atoms with Crippen molar-refractivity contribution in [1.82, 2.24) is 0 Å². The molecule has 0 aliphatic rings. The molecular weight excluding hydrogens is 312 g/mol. The van der Waals surface area contributed by atoms with Crippen LogP contribution < -0.4 is 20.5 Å². The van der Waals surface area contributed by atoms with Crippen LogP contribution in [0.2, 0.25) is 0 Å².